The van der Waals surface area contributed by atoms with Gasteiger partial charge in [-0.3, -0.25) is 4.84 Å². The topological polar surface area (TPSA) is 51.4 Å². The maximum atomic E-state index is 5.88. The first-order valence-electron chi connectivity index (χ1n) is 4.40. The SMILES string of the molecule is Cc1ccnc(N2CCCO2)c1N. The monoisotopic (exact) mass is 179 g/mol. The van der Waals surface area contributed by atoms with Crippen LogP contribution in [0.1, 0.15) is 12.0 Å². The molecule has 2 rings (SSSR count). The largest absolute Gasteiger partial charge is 0.395 e. The van der Waals surface area contributed by atoms with Crippen LogP contribution in [0.5, 0.6) is 0 Å². The van der Waals surface area contributed by atoms with Gasteiger partial charge < -0.3 is 5.73 Å². The van der Waals surface area contributed by atoms with Crippen molar-refractivity contribution in [1.82, 2.24) is 4.98 Å². The Morgan fingerprint density at radius 1 is 1.62 bits per heavy atom. The second-order valence-electron chi connectivity index (χ2n) is 3.15. The number of aryl methyl sites for hydroxylation is 1. The molecule has 0 amide bonds. The molecule has 70 valence electrons. The normalized spacial score (nSPS) is 16.5. The van der Waals surface area contributed by atoms with Gasteiger partial charge in [0.05, 0.1) is 12.3 Å². The molecule has 0 spiro atoms. The average Bonchev–Trinajstić information content (AvgIpc) is 2.62. The predicted molar refractivity (Wildman–Crippen MR) is 51.3 cm³/mol. The highest BCUT2D eigenvalue weighted by Crippen LogP contribution is 2.25. The molecule has 1 fully saturated rings. The zero-order chi connectivity index (χ0) is 9.26. The summed E-state index contributed by atoms with van der Waals surface area (Å²) in [5.74, 6) is 0.748. The van der Waals surface area contributed by atoms with Crippen LogP contribution in [-0.2, 0) is 4.84 Å². The fourth-order valence-corrected chi connectivity index (χ4v) is 1.37. The fourth-order valence-electron chi connectivity index (χ4n) is 1.37. The Morgan fingerprint density at radius 3 is 3.15 bits per heavy atom. The highest BCUT2D eigenvalue weighted by atomic mass is 16.7. The number of anilines is 2. The Bertz CT molecular complexity index is 308. The Morgan fingerprint density at radius 2 is 2.46 bits per heavy atom. The number of nitrogens with two attached hydrogens (primary N) is 1. The van der Waals surface area contributed by atoms with E-state index in [0.717, 1.165) is 31.0 Å². The van der Waals surface area contributed by atoms with Crippen molar-refractivity contribution in [2.24, 2.45) is 0 Å². The van der Waals surface area contributed by atoms with E-state index in [1.165, 1.54) is 0 Å². The summed E-state index contributed by atoms with van der Waals surface area (Å²) in [5.41, 5.74) is 7.63. The minimum Gasteiger partial charge on any atom is -0.395 e. The summed E-state index contributed by atoms with van der Waals surface area (Å²) in [6.45, 7) is 3.60. The third-order valence-corrected chi connectivity index (χ3v) is 2.18. The number of pyridine rings is 1. The van der Waals surface area contributed by atoms with E-state index in [1.54, 1.807) is 11.3 Å². The minimum atomic E-state index is 0.712. The van der Waals surface area contributed by atoms with Gasteiger partial charge in [0, 0.05) is 12.7 Å². The Kier molecular flexibility index (Phi) is 2.06. The molecule has 2 heterocycles. The van der Waals surface area contributed by atoms with Crippen LogP contribution < -0.4 is 10.8 Å². The second kappa shape index (κ2) is 3.22. The summed E-state index contributed by atoms with van der Waals surface area (Å²) in [7, 11) is 0. The zero-order valence-corrected chi connectivity index (χ0v) is 7.66. The van der Waals surface area contributed by atoms with Gasteiger partial charge in [-0.1, -0.05) is 0 Å². The standard InChI is InChI=1S/C9H13N3O/c1-7-3-4-11-9(8(7)10)12-5-2-6-13-12/h3-4H,2,5-6,10H2,1H3. The van der Waals surface area contributed by atoms with Gasteiger partial charge in [-0.15, -0.1) is 0 Å². The summed E-state index contributed by atoms with van der Waals surface area (Å²) < 4.78 is 0. The van der Waals surface area contributed by atoms with Crippen LogP contribution in [0.15, 0.2) is 12.3 Å². The molecule has 1 aromatic heterocycles. The number of aromatic nitrogens is 1. The third kappa shape index (κ3) is 1.45. The molecule has 4 nitrogen and oxygen atoms in total. The second-order valence-corrected chi connectivity index (χ2v) is 3.15. The lowest BCUT2D eigenvalue weighted by atomic mass is 10.2. The van der Waals surface area contributed by atoms with E-state index in [-0.39, 0.29) is 0 Å². The lowest BCUT2D eigenvalue weighted by Gasteiger charge is -2.17. The number of hydroxylamine groups is 1. The summed E-state index contributed by atoms with van der Waals surface area (Å²) in [6, 6.07) is 1.90. The van der Waals surface area contributed by atoms with Gasteiger partial charge in [0.2, 0.25) is 0 Å². The van der Waals surface area contributed by atoms with E-state index < -0.39 is 0 Å². The highest BCUT2D eigenvalue weighted by molar-refractivity contribution is 5.65. The number of hydrogen-bond donors (Lipinski definition) is 1. The van der Waals surface area contributed by atoms with Crippen LogP contribution in [0, 0.1) is 6.92 Å². The van der Waals surface area contributed by atoms with E-state index >= 15 is 0 Å². The van der Waals surface area contributed by atoms with Crippen LogP contribution in [-0.4, -0.2) is 18.1 Å². The van der Waals surface area contributed by atoms with E-state index in [4.69, 9.17) is 10.6 Å². The zero-order valence-electron chi connectivity index (χ0n) is 7.66. The molecule has 1 aliphatic heterocycles. The molecule has 13 heavy (non-hydrogen) atoms. The minimum absolute atomic E-state index is 0.712. The van der Waals surface area contributed by atoms with Crippen molar-refractivity contribution in [2.75, 3.05) is 23.9 Å². The first-order chi connectivity index (χ1) is 6.29. The van der Waals surface area contributed by atoms with E-state index in [9.17, 15) is 0 Å². The van der Waals surface area contributed by atoms with Crippen molar-refractivity contribution < 1.29 is 4.84 Å². The number of nitrogen functional groups attached to an aromatic ring is 1. The van der Waals surface area contributed by atoms with E-state index in [0.29, 0.717) is 5.69 Å². The van der Waals surface area contributed by atoms with Crippen LogP contribution in [0.25, 0.3) is 0 Å². The van der Waals surface area contributed by atoms with E-state index in [1.807, 2.05) is 13.0 Å². The van der Waals surface area contributed by atoms with Gasteiger partial charge in [-0.2, -0.15) is 0 Å². The van der Waals surface area contributed by atoms with Crippen molar-refractivity contribution in [2.45, 2.75) is 13.3 Å². The van der Waals surface area contributed by atoms with Gasteiger partial charge in [0.1, 0.15) is 0 Å². The van der Waals surface area contributed by atoms with E-state index in [2.05, 4.69) is 4.98 Å². The number of rotatable bonds is 1. The van der Waals surface area contributed by atoms with Crippen molar-refractivity contribution in [3.63, 3.8) is 0 Å². The average molecular weight is 179 g/mol. The summed E-state index contributed by atoms with van der Waals surface area (Å²) in [6.07, 6.45) is 2.79. The lowest BCUT2D eigenvalue weighted by molar-refractivity contribution is 0.166. The van der Waals surface area contributed by atoms with Crippen LogP contribution in [0.2, 0.25) is 0 Å². The lowest BCUT2D eigenvalue weighted by Crippen LogP contribution is -2.19. The van der Waals surface area contributed by atoms with Crippen LogP contribution in [0.4, 0.5) is 11.5 Å². The fraction of sp³-hybridized carbons (Fsp3) is 0.444. The molecule has 0 saturated carbocycles. The van der Waals surface area contributed by atoms with Crippen molar-refractivity contribution >= 4 is 11.5 Å². The molecule has 1 aromatic rings. The first-order valence-corrected chi connectivity index (χ1v) is 4.40. The number of hydrogen-bond acceptors (Lipinski definition) is 4. The highest BCUT2D eigenvalue weighted by Gasteiger charge is 2.17. The van der Waals surface area contributed by atoms with Crippen molar-refractivity contribution in [3.05, 3.63) is 17.8 Å². The molecule has 0 unspecified atom stereocenters. The maximum Gasteiger partial charge on any atom is 0.176 e. The molecule has 0 bridgehead atoms. The predicted octanol–water partition coefficient (Wildman–Crippen LogP) is 1.11. The molecule has 1 aliphatic rings. The number of nitrogens with zero attached hydrogens (tertiary/aromatic N) is 2. The van der Waals surface area contributed by atoms with Gasteiger partial charge in [0.25, 0.3) is 0 Å². The summed E-state index contributed by atoms with van der Waals surface area (Å²) >= 11 is 0. The molecular weight excluding hydrogens is 166 g/mol. The van der Waals surface area contributed by atoms with Gasteiger partial charge in [0.15, 0.2) is 5.82 Å². The molecule has 4 heteroatoms. The molecule has 0 radical (unpaired) electrons. The van der Waals surface area contributed by atoms with Gasteiger partial charge in [-0.05, 0) is 25.0 Å². The quantitative estimate of drug-likeness (QED) is 0.701. The van der Waals surface area contributed by atoms with Crippen LogP contribution >= 0.6 is 0 Å². The molecular formula is C9H13N3O. The smallest absolute Gasteiger partial charge is 0.176 e. The molecule has 0 aliphatic carbocycles. The maximum absolute atomic E-state index is 5.88. The Labute approximate surface area is 77.3 Å². The molecule has 2 N–H and O–H groups in total. The van der Waals surface area contributed by atoms with Gasteiger partial charge >= 0.3 is 0 Å². The van der Waals surface area contributed by atoms with Crippen LogP contribution in [0.3, 0.4) is 0 Å². The molecule has 1 saturated heterocycles. The summed E-state index contributed by atoms with van der Waals surface area (Å²) in [4.78, 5) is 9.56. The first kappa shape index (κ1) is 8.31. The van der Waals surface area contributed by atoms with Gasteiger partial charge in [-0.25, -0.2) is 10.0 Å². The Balaban J connectivity index is 2.33. The van der Waals surface area contributed by atoms with Crippen molar-refractivity contribution in [3.8, 4) is 0 Å². The Hall–Kier alpha value is -1.29. The molecule has 0 atom stereocenters. The third-order valence-electron chi connectivity index (χ3n) is 2.18. The summed E-state index contributed by atoms with van der Waals surface area (Å²) in [5, 5.41) is 1.77. The van der Waals surface area contributed by atoms with Crippen molar-refractivity contribution in [1.29, 1.82) is 0 Å². The molecule has 0 aromatic carbocycles.